The zero-order valence-electron chi connectivity index (χ0n) is 13.9. The van der Waals surface area contributed by atoms with E-state index in [-0.39, 0.29) is 11.5 Å². The number of hydrogen-bond donors (Lipinski definition) is 0. The summed E-state index contributed by atoms with van der Waals surface area (Å²) in [6, 6.07) is 9.78. The Hall–Kier alpha value is -2.24. The van der Waals surface area contributed by atoms with Gasteiger partial charge in [-0.25, -0.2) is 0 Å². The maximum Gasteiger partial charge on any atom is 0.387 e. The summed E-state index contributed by atoms with van der Waals surface area (Å²) in [5, 5.41) is 0. The number of hydrogen-bond acceptors (Lipinski definition) is 2. The summed E-state index contributed by atoms with van der Waals surface area (Å²) in [6.45, 7) is 2.06. The number of alkyl halides is 4. The first kappa shape index (κ1) is 19.8. The second-order valence-corrected chi connectivity index (χ2v) is 5.25. The molecule has 2 aromatic carbocycles. The molecule has 0 heterocycles. The molecule has 0 bridgehead atoms. The van der Waals surface area contributed by atoms with E-state index in [0.717, 1.165) is 22.3 Å². The number of benzene rings is 2. The third-order valence-corrected chi connectivity index (χ3v) is 3.41. The van der Waals surface area contributed by atoms with Crippen molar-refractivity contribution in [3.05, 3.63) is 58.7 Å². The molecule has 2 rings (SSSR count). The average Bonchev–Trinajstić information content (AvgIpc) is 2.46. The van der Waals surface area contributed by atoms with Gasteiger partial charge in [-0.3, -0.25) is 0 Å². The molecule has 2 nitrogen and oxygen atoms in total. The standard InChI is InChI=1S/2C9H10F2O/c2*1-6-3-4-8(5-7(6)2)12-9(10)11/h2*3-5,9H,1-2H3. The summed E-state index contributed by atoms with van der Waals surface area (Å²) < 4.78 is 55.4. The van der Waals surface area contributed by atoms with Crippen molar-refractivity contribution in [1.82, 2.24) is 0 Å². The third kappa shape index (κ3) is 6.89. The Balaban J connectivity index is 0.000000240. The van der Waals surface area contributed by atoms with Crippen molar-refractivity contribution >= 4 is 0 Å². The van der Waals surface area contributed by atoms with Crippen LogP contribution in [0.2, 0.25) is 0 Å². The summed E-state index contributed by atoms with van der Waals surface area (Å²) in [5.41, 5.74) is 4.04. The second-order valence-electron chi connectivity index (χ2n) is 5.25. The molecule has 0 N–H and O–H groups in total. The maximum absolute atomic E-state index is 11.7. The molecule has 0 atom stereocenters. The first-order valence-corrected chi connectivity index (χ1v) is 7.23. The minimum Gasteiger partial charge on any atom is -0.435 e. The molecule has 0 spiro atoms. The zero-order valence-corrected chi connectivity index (χ0v) is 13.9. The minimum atomic E-state index is -2.74. The molecule has 0 aliphatic rings. The van der Waals surface area contributed by atoms with Crippen molar-refractivity contribution in [2.24, 2.45) is 0 Å². The van der Waals surface area contributed by atoms with E-state index in [4.69, 9.17) is 0 Å². The topological polar surface area (TPSA) is 18.5 Å². The van der Waals surface area contributed by atoms with Crippen molar-refractivity contribution in [1.29, 1.82) is 0 Å². The molecular weight excluding hydrogens is 324 g/mol. The summed E-state index contributed by atoms with van der Waals surface area (Å²) in [4.78, 5) is 0. The van der Waals surface area contributed by atoms with E-state index in [1.807, 2.05) is 27.7 Å². The van der Waals surface area contributed by atoms with Crippen LogP contribution in [-0.4, -0.2) is 13.2 Å². The summed E-state index contributed by atoms with van der Waals surface area (Å²) in [5.74, 6) is 0.432. The van der Waals surface area contributed by atoms with Crippen molar-refractivity contribution in [3.8, 4) is 11.5 Å². The predicted molar refractivity (Wildman–Crippen MR) is 85.1 cm³/mol. The molecule has 0 fully saturated rings. The minimum absolute atomic E-state index is 0.216. The first-order valence-electron chi connectivity index (χ1n) is 7.23. The van der Waals surface area contributed by atoms with Gasteiger partial charge in [0.1, 0.15) is 11.5 Å². The van der Waals surface area contributed by atoms with Gasteiger partial charge in [-0.05, 0) is 74.2 Å². The summed E-state index contributed by atoms with van der Waals surface area (Å²) >= 11 is 0. The van der Waals surface area contributed by atoms with Gasteiger partial charge in [0.15, 0.2) is 0 Å². The molecule has 24 heavy (non-hydrogen) atoms. The Labute approximate surface area is 139 Å². The lowest BCUT2D eigenvalue weighted by Crippen LogP contribution is -2.01. The Morgan fingerprint density at radius 3 is 1.17 bits per heavy atom. The first-order chi connectivity index (χ1) is 11.2. The maximum atomic E-state index is 11.7. The van der Waals surface area contributed by atoms with E-state index >= 15 is 0 Å². The van der Waals surface area contributed by atoms with Crippen LogP contribution in [0.15, 0.2) is 36.4 Å². The van der Waals surface area contributed by atoms with Crippen molar-refractivity contribution in [2.75, 3.05) is 0 Å². The molecule has 0 saturated carbocycles. The van der Waals surface area contributed by atoms with Gasteiger partial charge in [0, 0.05) is 0 Å². The van der Waals surface area contributed by atoms with Crippen LogP contribution in [0.25, 0.3) is 0 Å². The van der Waals surface area contributed by atoms with E-state index in [1.165, 1.54) is 12.1 Å². The Morgan fingerprint density at radius 2 is 0.917 bits per heavy atom. The lowest BCUT2D eigenvalue weighted by atomic mass is 10.1. The van der Waals surface area contributed by atoms with E-state index in [9.17, 15) is 17.6 Å². The van der Waals surface area contributed by atoms with Crippen LogP contribution >= 0.6 is 0 Å². The lowest BCUT2D eigenvalue weighted by molar-refractivity contribution is -0.0505. The van der Waals surface area contributed by atoms with Crippen LogP contribution < -0.4 is 9.47 Å². The van der Waals surface area contributed by atoms with E-state index in [2.05, 4.69) is 9.47 Å². The largest absolute Gasteiger partial charge is 0.435 e. The average molecular weight is 344 g/mol. The molecule has 0 amide bonds. The second kappa shape index (κ2) is 9.15. The summed E-state index contributed by atoms with van der Waals surface area (Å²) in [6.07, 6.45) is 0. The molecule has 0 radical (unpaired) electrons. The van der Waals surface area contributed by atoms with Crippen molar-refractivity contribution in [2.45, 2.75) is 40.9 Å². The Morgan fingerprint density at radius 1 is 0.583 bits per heavy atom. The van der Waals surface area contributed by atoms with Crippen LogP contribution in [0.3, 0.4) is 0 Å². The highest BCUT2D eigenvalue weighted by Crippen LogP contribution is 2.19. The zero-order chi connectivity index (χ0) is 18.3. The molecule has 0 aliphatic carbocycles. The highest BCUT2D eigenvalue weighted by atomic mass is 19.3. The van der Waals surface area contributed by atoms with Crippen LogP contribution in [0, 0.1) is 27.7 Å². The van der Waals surface area contributed by atoms with Gasteiger partial charge in [-0.2, -0.15) is 17.6 Å². The molecule has 6 heteroatoms. The monoisotopic (exact) mass is 344 g/mol. The number of ether oxygens (including phenoxy) is 2. The smallest absolute Gasteiger partial charge is 0.387 e. The number of aryl methyl sites for hydroxylation is 4. The molecule has 0 aromatic heterocycles. The SMILES string of the molecule is Cc1ccc(OC(F)F)cc1C.Cc1ccc(OC(F)F)cc1C. The fourth-order valence-electron chi connectivity index (χ4n) is 1.78. The van der Waals surface area contributed by atoms with Crippen LogP contribution in [0.4, 0.5) is 17.6 Å². The highest BCUT2D eigenvalue weighted by molar-refractivity contribution is 5.34. The third-order valence-electron chi connectivity index (χ3n) is 3.41. The van der Waals surface area contributed by atoms with E-state index in [0.29, 0.717) is 0 Å². The number of rotatable bonds is 4. The van der Waals surface area contributed by atoms with Crippen LogP contribution in [0.5, 0.6) is 11.5 Å². The van der Waals surface area contributed by atoms with E-state index < -0.39 is 13.2 Å². The highest BCUT2D eigenvalue weighted by Gasteiger charge is 2.05. The fraction of sp³-hybridized carbons (Fsp3) is 0.333. The van der Waals surface area contributed by atoms with Crippen LogP contribution in [-0.2, 0) is 0 Å². The van der Waals surface area contributed by atoms with Gasteiger partial charge in [0.05, 0.1) is 0 Å². The Bertz CT molecular complexity index is 600. The number of halogens is 4. The van der Waals surface area contributed by atoms with Crippen LogP contribution in [0.1, 0.15) is 22.3 Å². The van der Waals surface area contributed by atoms with Gasteiger partial charge in [-0.1, -0.05) is 12.1 Å². The van der Waals surface area contributed by atoms with Gasteiger partial charge >= 0.3 is 13.2 Å². The summed E-state index contributed by atoms with van der Waals surface area (Å²) in [7, 11) is 0. The molecule has 0 saturated heterocycles. The fourth-order valence-corrected chi connectivity index (χ4v) is 1.78. The molecular formula is C18H20F4O2. The molecule has 2 aromatic rings. The van der Waals surface area contributed by atoms with Gasteiger partial charge < -0.3 is 9.47 Å². The Kier molecular flexibility index (Phi) is 7.55. The molecule has 0 unspecified atom stereocenters. The quantitative estimate of drug-likeness (QED) is 0.652. The van der Waals surface area contributed by atoms with Crippen molar-refractivity contribution in [3.63, 3.8) is 0 Å². The van der Waals surface area contributed by atoms with Crippen molar-refractivity contribution < 1.29 is 27.0 Å². The lowest BCUT2D eigenvalue weighted by Gasteiger charge is -2.06. The normalized spacial score (nSPS) is 10.4. The molecule has 132 valence electrons. The molecule has 0 aliphatic heterocycles. The van der Waals surface area contributed by atoms with Gasteiger partial charge in [-0.15, -0.1) is 0 Å². The van der Waals surface area contributed by atoms with E-state index in [1.54, 1.807) is 24.3 Å². The van der Waals surface area contributed by atoms with Gasteiger partial charge in [0.2, 0.25) is 0 Å². The predicted octanol–water partition coefficient (Wildman–Crippen LogP) is 5.81. The van der Waals surface area contributed by atoms with Gasteiger partial charge in [0.25, 0.3) is 0 Å².